The van der Waals surface area contributed by atoms with Crippen LogP contribution in [0.2, 0.25) is 0 Å². The fourth-order valence-corrected chi connectivity index (χ4v) is 0. The monoisotopic (exact) mass is 236 g/mol. The van der Waals surface area contributed by atoms with Crippen molar-refractivity contribution in [3.63, 3.8) is 0 Å². The standard InChI is InChI=1S/CH4O3S.Ba.2H/c1-5(2,3)4;;;/h1H3,(H,2,3,4);;;. The zero-order valence-corrected chi connectivity index (χ0v) is 3.49. The fourth-order valence-electron chi connectivity index (χ4n) is 0. The van der Waals surface area contributed by atoms with E-state index in [1.807, 2.05) is 0 Å². The molecular weight excluding hydrogens is 229 g/mol. The third-order valence-electron chi connectivity index (χ3n) is 0. The molecule has 0 aromatic heterocycles. The second kappa shape index (κ2) is 3.48. The molecule has 0 rings (SSSR count). The molecule has 0 spiro atoms. The van der Waals surface area contributed by atoms with E-state index in [9.17, 15) is 8.42 Å². The minimum absolute atomic E-state index is 0. The first-order valence-electron chi connectivity index (χ1n) is 0.924. The maximum atomic E-state index is 9.19. The van der Waals surface area contributed by atoms with Gasteiger partial charge in [0.1, 0.15) is 0 Å². The molecule has 3 nitrogen and oxygen atoms in total. The summed E-state index contributed by atoms with van der Waals surface area (Å²) in [7, 11) is -3.67. The molecule has 0 fully saturated rings. The molecule has 0 bridgehead atoms. The molecule has 36 valence electrons. The zero-order chi connectivity index (χ0) is 4.50. The number of hydrogen-bond donors (Lipinski definition) is 1. The van der Waals surface area contributed by atoms with Crippen molar-refractivity contribution >= 4 is 59.0 Å². The van der Waals surface area contributed by atoms with Gasteiger partial charge in [-0.3, -0.25) is 4.55 Å². The first-order chi connectivity index (χ1) is 2.00. The first kappa shape index (κ1) is 10.5. The van der Waals surface area contributed by atoms with Gasteiger partial charge in [-0.15, -0.1) is 0 Å². The van der Waals surface area contributed by atoms with Gasteiger partial charge in [-0.2, -0.15) is 8.42 Å². The Morgan fingerprint density at radius 2 is 1.50 bits per heavy atom. The Labute approximate surface area is 76.9 Å². The maximum absolute atomic E-state index is 9.19. The minimum atomic E-state index is -3.67. The molecule has 0 aromatic carbocycles. The molecule has 0 aliphatic carbocycles. The summed E-state index contributed by atoms with van der Waals surface area (Å²) in [5.74, 6) is 0. The quantitative estimate of drug-likeness (QED) is 0.414. The van der Waals surface area contributed by atoms with E-state index in [4.69, 9.17) is 4.55 Å². The molecule has 1 N–H and O–H groups in total. The predicted molar refractivity (Wildman–Crippen MR) is 26.0 cm³/mol. The molecule has 0 aliphatic heterocycles. The summed E-state index contributed by atoms with van der Waals surface area (Å²) in [4.78, 5) is 0. The van der Waals surface area contributed by atoms with Crippen LogP contribution in [0, 0.1) is 0 Å². The molecule has 5 heteroatoms. The van der Waals surface area contributed by atoms with Gasteiger partial charge in [0.05, 0.1) is 6.26 Å². The molecule has 0 heterocycles. The SMILES string of the molecule is CS(=O)(=O)O.[BaH2]. The Kier molecular flexibility index (Phi) is 6.07. The fraction of sp³-hybridized carbons (Fsp3) is 1.00. The molecule has 0 radical (unpaired) electrons. The van der Waals surface area contributed by atoms with Gasteiger partial charge in [-0.25, -0.2) is 0 Å². The van der Waals surface area contributed by atoms with Gasteiger partial charge < -0.3 is 0 Å². The van der Waals surface area contributed by atoms with Crippen molar-refractivity contribution in [2.75, 3.05) is 6.26 Å². The molecule has 6 heavy (non-hydrogen) atoms. The van der Waals surface area contributed by atoms with Gasteiger partial charge in [0.15, 0.2) is 0 Å². The van der Waals surface area contributed by atoms with E-state index in [2.05, 4.69) is 0 Å². The van der Waals surface area contributed by atoms with Crippen molar-refractivity contribution in [1.82, 2.24) is 0 Å². The van der Waals surface area contributed by atoms with Crippen molar-refractivity contribution in [2.45, 2.75) is 0 Å². The third kappa shape index (κ3) is 50.2. The van der Waals surface area contributed by atoms with Gasteiger partial charge in [-0.1, -0.05) is 0 Å². The first-order valence-corrected chi connectivity index (χ1v) is 2.77. The molecule has 0 aromatic rings. The Morgan fingerprint density at radius 3 is 1.50 bits per heavy atom. The van der Waals surface area contributed by atoms with E-state index in [0.29, 0.717) is 6.26 Å². The Bertz CT molecular complexity index is 94.0. The molecule has 0 unspecified atom stereocenters. The average Bonchev–Trinajstić information content (AvgIpc) is 0.722. The Hall–Kier alpha value is 1.48. The van der Waals surface area contributed by atoms with E-state index >= 15 is 0 Å². The average molecular weight is 235 g/mol. The zero-order valence-electron chi connectivity index (χ0n) is 2.67. The van der Waals surface area contributed by atoms with Crippen LogP contribution in [0.4, 0.5) is 0 Å². The van der Waals surface area contributed by atoms with Crippen LogP contribution >= 0.6 is 0 Å². The van der Waals surface area contributed by atoms with Crippen LogP contribution in [0.5, 0.6) is 0 Å². The summed E-state index contributed by atoms with van der Waals surface area (Å²) in [6, 6.07) is 0. The summed E-state index contributed by atoms with van der Waals surface area (Å²) in [6.07, 6.45) is 0.715. The van der Waals surface area contributed by atoms with Crippen molar-refractivity contribution < 1.29 is 13.0 Å². The summed E-state index contributed by atoms with van der Waals surface area (Å²) >= 11 is 0. The van der Waals surface area contributed by atoms with Crippen molar-refractivity contribution in [3.8, 4) is 0 Å². The molecule has 0 aliphatic rings. The summed E-state index contributed by atoms with van der Waals surface area (Å²) in [5.41, 5.74) is 0. The third-order valence-corrected chi connectivity index (χ3v) is 0. The van der Waals surface area contributed by atoms with Gasteiger partial charge in [-0.05, 0) is 0 Å². The number of rotatable bonds is 0. The van der Waals surface area contributed by atoms with Gasteiger partial charge in [0.25, 0.3) is 10.1 Å². The van der Waals surface area contributed by atoms with E-state index in [1.54, 1.807) is 0 Å². The van der Waals surface area contributed by atoms with Gasteiger partial charge in [0, 0.05) is 0 Å². The Balaban J connectivity index is 0. The van der Waals surface area contributed by atoms with Gasteiger partial charge in [0.2, 0.25) is 0 Å². The van der Waals surface area contributed by atoms with Crippen molar-refractivity contribution in [3.05, 3.63) is 0 Å². The van der Waals surface area contributed by atoms with Crippen LogP contribution in [0.3, 0.4) is 0 Å². The summed E-state index contributed by atoms with van der Waals surface area (Å²) in [5, 5.41) is 0. The Morgan fingerprint density at radius 1 is 1.50 bits per heavy atom. The van der Waals surface area contributed by atoms with Crippen molar-refractivity contribution in [1.29, 1.82) is 0 Å². The van der Waals surface area contributed by atoms with Crippen LogP contribution in [-0.2, 0) is 10.1 Å². The molecule has 0 saturated carbocycles. The normalized spacial score (nSPS) is 9.67. The predicted octanol–water partition coefficient (Wildman–Crippen LogP) is -1.41. The van der Waals surface area contributed by atoms with Crippen LogP contribution in [0.15, 0.2) is 0 Å². The van der Waals surface area contributed by atoms with E-state index in [-0.39, 0.29) is 48.9 Å². The molecule has 0 saturated heterocycles. The van der Waals surface area contributed by atoms with E-state index < -0.39 is 10.1 Å². The second-order valence-electron chi connectivity index (χ2n) is 0.733. The topological polar surface area (TPSA) is 54.4 Å². The molecular formula is CH6BaO3S. The van der Waals surface area contributed by atoms with Crippen LogP contribution in [-0.4, -0.2) is 68.1 Å². The van der Waals surface area contributed by atoms with Crippen LogP contribution in [0.1, 0.15) is 0 Å². The number of hydrogen-bond acceptors (Lipinski definition) is 2. The van der Waals surface area contributed by atoms with E-state index in [0.717, 1.165) is 0 Å². The summed E-state index contributed by atoms with van der Waals surface area (Å²) < 4.78 is 25.9. The van der Waals surface area contributed by atoms with Crippen LogP contribution in [0.25, 0.3) is 0 Å². The van der Waals surface area contributed by atoms with Crippen LogP contribution < -0.4 is 0 Å². The molecule has 0 atom stereocenters. The summed E-state index contributed by atoms with van der Waals surface area (Å²) in [6.45, 7) is 0. The van der Waals surface area contributed by atoms with Crippen molar-refractivity contribution in [2.24, 2.45) is 0 Å². The van der Waals surface area contributed by atoms with Gasteiger partial charge >= 0.3 is 48.9 Å². The second-order valence-corrected chi connectivity index (χ2v) is 2.20. The van der Waals surface area contributed by atoms with E-state index in [1.165, 1.54) is 0 Å². The molecule has 0 amide bonds.